The van der Waals surface area contributed by atoms with Crippen LogP contribution in [0.25, 0.3) is 10.9 Å². The number of hydrogen-bond donors (Lipinski definition) is 0. The molecule has 1 aliphatic carbocycles. The van der Waals surface area contributed by atoms with Gasteiger partial charge in [0, 0.05) is 17.3 Å². The van der Waals surface area contributed by atoms with Gasteiger partial charge in [-0.15, -0.1) is 11.6 Å². The van der Waals surface area contributed by atoms with Crippen LogP contribution >= 0.6 is 11.6 Å². The van der Waals surface area contributed by atoms with Crippen LogP contribution in [0.1, 0.15) is 32.4 Å². The average molecular weight is 263 g/mol. The first-order chi connectivity index (χ1) is 8.66. The van der Waals surface area contributed by atoms with Gasteiger partial charge in [0.2, 0.25) is 0 Å². The zero-order chi connectivity index (χ0) is 12.8. The Morgan fingerprint density at radius 3 is 2.72 bits per heavy atom. The smallest absolute Gasteiger partial charge is 0.0709 e. The van der Waals surface area contributed by atoms with E-state index in [0.29, 0.717) is 5.41 Å². The monoisotopic (exact) mass is 262 g/mol. The minimum absolute atomic E-state index is 0.239. The van der Waals surface area contributed by atoms with Gasteiger partial charge in [0.25, 0.3) is 0 Å². The van der Waals surface area contributed by atoms with Gasteiger partial charge >= 0.3 is 0 Å². The number of rotatable bonds is 4. The van der Waals surface area contributed by atoms with Crippen LogP contribution in [-0.2, 0) is 13.0 Å². The summed E-state index contributed by atoms with van der Waals surface area (Å²) in [6, 6.07) is 8.51. The predicted molar refractivity (Wildman–Crippen MR) is 76.1 cm³/mol. The van der Waals surface area contributed by atoms with Crippen LogP contribution in [-0.4, -0.2) is 15.2 Å². The summed E-state index contributed by atoms with van der Waals surface area (Å²) in [4.78, 5) is 0. The fraction of sp³-hybridized carbons (Fsp3) is 0.533. The van der Waals surface area contributed by atoms with Gasteiger partial charge in [0.05, 0.1) is 11.2 Å². The summed E-state index contributed by atoms with van der Waals surface area (Å²) >= 11 is 6.34. The van der Waals surface area contributed by atoms with E-state index >= 15 is 0 Å². The molecule has 1 aromatic carbocycles. The van der Waals surface area contributed by atoms with Crippen LogP contribution in [0, 0.1) is 5.41 Å². The lowest BCUT2D eigenvalue weighted by Gasteiger charge is -2.16. The summed E-state index contributed by atoms with van der Waals surface area (Å²) in [6.45, 7) is 5.18. The maximum absolute atomic E-state index is 6.34. The van der Waals surface area contributed by atoms with Crippen molar-refractivity contribution in [3.8, 4) is 0 Å². The average Bonchev–Trinajstić information content (AvgIpc) is 3.07. The Morgan fingerprint density at radius 1 is 1.39 bits per heavy atom. The molecule has 1 unspecified atom stereocenters. The van der Waals surface area contributed by atoms with Gasteiger partial charge in [0.1, 0.15) is 0 Å². The van der Waals surface area contributed by atoms with E-state index in [-0.39, 0.29) is 5.38 Å². The molecule has 1 saturated carbocycles. The molecule has 1 aliphatic rings. The summed E-state index contributed by atoms with van der Waals surface area (Å²) in [5.74, 6) is 0. The van der Waals surface area contributed by atoms with Crippen LogP contribution in [0.15, 0.2) is 24.3 Å². The third-order valence-corrected chi connectivity index (χ3v) is 4.75. The Bertz CT molecular complexity index is 567. The highest BCUT2D eigenvalue weighted by Gasteiger charge is 2.47. The molecule has 1 atom stereocenters. The van der Waals surface area contributed by atoms with Gasteiger partial charge < -0.3 is 0 Å². The predicted octanol–water partition coefficient (Wildman–Crippen LogP) is 4.01. The first kappa shape index (κ1) is 12.0. The van der Waals surface area contributed by atoms with E-state index in [1.807, 2.05) is 0 Å². The molecular formula is C15H19ClN2. The van der Waals surface area contributed by atoms with Gasteiger partial charge in [-0.1, -0.05) is 18.2 Å². The number of alkyl halides is 1. The second-order valence-electron chi connectivity index (χ2n) is 5.43. The first-order valence-electron chi connectivity index (χ1n) is 6.75. The Labute approximate surface area is 113 Å². The summed E-state index contributed by atoms with van der Waals surface area (Å²) < 4.78 is 2.10. The summed E-state index contributed by atoms with van der Waals surface area (Å²) in [5.41, 5.74) is 2.77. The highest BCUT2D eigenvalue weighted by atomic mass is 35.5. The normalized spacial score (nSPS) is 19.1. The zero-order valence-corrected chi connectivity index (χ0v) is 11.7. The lowest BCUT2D eigenvalue weighted by Crippen LogP contribution is -2.16. The van der Waals surface area contributed by atoms with Crippen molar-refractivity contribution in [2.75, 3.05) is 0 Å². The van der Waals surface area contributed by atoms with Crippen LogP contribution in [0.2, 0.25) is 0 Å². The van der Waals surface area contributed by atoms with E-state index in [4.69, 9.17) is 16.7 Å². The molecule has 0 saturated heterocycles. The zero-order valence-electron chi connectivity index (χ0n) is 11.0. The number of fused-ring (bicyclic) bond motifs is 1. The molecule has 2 nitrogen and oxygen atoms in total. The second kappa shape index (κ2) is 4.27. The van der Waals surface area contributed by atoms with Crippen molar-refractivity contribution in [3.05, 3.63) is 30.0 Å². The summed E-state index contributed by atoms with van der Waals surface area (Å²) in [5, 5.41) is 6.31. The summed E-state index contributed by atoms with van der Waals surface area (Å²) in [6.07, 6.45) is 3.50. The molecule has 0 aliphatic heterocycles. The maximum Gasteiger partial charge on any atom is 0.0709 e. The number of nitrogens with zero attached hydrogens (tertiary/aromatic N) is 2. The maximum atomic E-state index is 6.34. The van der Waals surface area contributed by atoms with Crippen molar-refractivity contribution in [2.45, 2.75) is 45.0 Å². The molecule has 2 aromatic rings. The molecule has 18 heavy (non-hydrogen) atoms. The van der Waals surface area contributed by atoms with Crippen molar-refractivity contribution in [1.29, 1.82) is 0 Å². The minimum atomic E-state index is 0.239. The molecule has 0 amide bonds. The number of aryl methyl sites for hydroxylation is 1. The molecule has 1 fully saturated rings. The summed E-state index contributed by atoms with van der Waals surface area (Å²) in [7, 11) is 0. The molecule has 0 bridgehead atoms. The third kappa shape index (κ3) is 1.83. The number of halogens is 1. The van der Waals surface area contributed by atoms with Crippen molar-refractivity contribution in [2.24, 2.45) is 5.41 Å². The number of benzene rings is 1. The highest BCUT2D eigenvalue weighted by Crippen LogP contribution is 2.53. The van der Waals surface area contributed by atoms with E-state index in [0.717, 1.165) is 13.0 Å². The van der Waals surface area contributed by atoms with Gasteiger partial charge in [-0.05, 0) is 44.6 Å². The highest BCUT2D eigenvalue weighted by molar-refractivity contribution is 6.21. The lowest BCUT2D eigenvalue weighted by molar-refractivity contribution is 0.486. The van der Waals surface area contributed by atoms with Gasteiger partial charge in [-0.2, -0.15) is 5.10 Å². The number of aromatic nitrogens is 2. The molecular weight excluding hydrogens is 244 g/mol. The Hall–Kier alpha value is -1.02. The van der Waals surface area contributed by atoms with E-state index in [1.54, 1.807) is 0 Å². The topological polar surface area (TPSA) is 17.8 Å². The van der Waals surface area contributed by atoms with Gasteiger partial charge in [-0.3, -0.25) is 4.68 Å². The lowest BCUT2D eigenvalue weighted by atomic mass is 9.95. The van der Waals surface area contributed by atoms with Crippen molar-refractivity contribution < 1.29 is 0 Å². The van der Waals surface area contributed by atoms with Crippen LogP contribution in [0.5, 0.6) is 0 Å². The fourth-order valence-electron chi connectivity index (χ4n) is 2.78. The number of hydrogen-bond acceptors (Lipinski definition) is 1. The first-order valence-corrected chi connectivity index (χ1v) is 7.18. The molecule has 0 N–H and O–H groups in total. The van der Waals surface area contributed by atoms with E-state index < -0.39 is 0 Å². The quantitative estimate of drug-likeness (QED) is 0.762. The third-order valence-electron chi connectivity index (χ3n) is 4.29. The molecule has 0 spiro atoms. The van der Waals surface area contributed by atoms with Crippen molar-refractivity contribution in [1.82, 2.24) is 9.78 Å². The van der Waals surface area contributed by atoms with E-state index in [1.165, 1.54) is 29.4 Å². The fourth-order valence-corrected chi connectivity index (χ4v) is 3.07. The molecule has 96 valence electrons. The second-order valence-corrected chi connectivity index (χ2v) is 6.09. The van der Waals surface area contributed by atoms with Crippen LogP contribution in [0.3, 0.4) is 0 Å². The van der Waals surface area contributed by atoms with Gasteiger partial charge in [0.15, 0.2) is 0 Å². The SMILES string of the molecule is CCn1nc(CC2(C(C)Cl)CC2)c2ccccc21. The standard InChI is InChI=1S/C15H19ClN2/c1-3-18-14-7-5-4-6-12(14)13(17-18)10-15(8-9-15)11(2)16/h4-7,11H,3,8-10H2,1-2H3. The van der Waals surface area contributed by atoms with Gasteiger partial charge in [-0.25, -0.2) is 0 Å². The molecule has 3 heteroatoms. The minimum Gasteiger partial charge on any atom is -0.265 e. The molecule has 0 radical (unpaired) electrons. The largest absolute Gasteiger partial charge is 0.265 e. The molecule has 3 rings (SSSR count). The Balaban J connectivity index is 2.02. The van der Waals surface area contributed by atoms with E-state index in [9.17, 15) is 0 Å². The van der Waals surface area contributed by atoms with Crippen molar-refractivity contribution >= 4 is 22.5 Å². The van der Waals surface area contributed by atoms with Crippen LogP contribution < -0.4 is 0 Å². The Morgan fingerprint density at radius 2 is 2.11 bits per heavy atom. The molecule has 1 aromatic heterocycles. The number of para-hydroxylation sites is 1. The van der Waals surface area contributed by atoms with E-state index in [2.05, 4.69) is 42.8 Å². The van der Waals surface area contributed by atoms with Crippen molar-refractivity contribution in [3.63, 3.8) is 0 Å². The Kier molecular flexibility index (Phi) is 2.86. The van der Waals surface area contributed by atoms with Crippen LogP contribution in [0.4, 0.5) is 0 Å². The molecule has 1 heterocycles.